The van der Waals surface area contributed by atoms with Gasteiger partial charge in [-0.3, -0.25) is 9.59 Å². The molecule has 0 radical (unpaired) electrons. The monoisotopic (exact) mass is 297 g/mol. The van der Waals surface area contributed by atoms with Gasteiger partial charge in [-0.2, -0.15) is 0 Å². The van der Waals surface area contributed by atoms with Crippen LogP contribution in [-0.2, 0) is 9.59 Å². The summed E-state index contributed by atoms with van der Waals surface area (Å²) in [7, 11) is 2.13. The van der Waals surface area contributed by atoms with Crippen LogP contribution in [-0.4, -0.2) is 73.1 Å². The number of likely N-dealkylation sites (N-methyl/N-ethyl adjacent to an activating group) is 1. The van der Waals surface area contributed by atoms with Crippen molar-refractivity contribution in [2.45, 2.75) is 20.3 Å². The number of amides is 1. The Balaban J connectivity index is 1.63. The first-order chi connectivity index (χ1) is 9.84. The van der Waals surface area contributed by atoms with Gasteiger partial charge in [0.05, 0.1) is 11.8 Å². The summed E-state index contributed by atoms with van der Waals surface area (Å²) in [6.45, 7) is 9.68. The molecule has 1 saturated carbocycles. The van der Waals surface area contributed by atoms with Crippen molar-refractivity contribution in [1.29, 1.82) is 0 Å². The van der Waals surface area contributed by atoms with E-state index in [0.717, 1.165) is 39.1 Å². The lowest BCUT2D eigenvalue weighted by molar-refractivity contribution is -0.140. The molecule has 0 spiro atoms. The number of aliphatic carboxylic acids is 1. The molecule has 2 fully saturated rings. The number of carbonyl (C=O) groups is 2. The maximum atomic E-state index is 12.0. The van der Waals surface area contributed by atoms with Crippen molar-refractivity contribution in [3.8, 4) is 0 Å². The van der Waals surface area contributed by atoms with Crippen LogP contribution < -0.4 is 5.32 Å². The number of piperazine rings is 1. The van der Waals surface area contributed by atoms with E-state index < -0.39 is 17.3 Å². The highest BCUT2D eigenvalue weighted by Gasteiger charge is 2.65. The van der Waals surface area contributed by atoms with E-state index in [1.54, 1.807) is 0 Å². The fourth-order valence-electron chi connectivity index (χ4n) is 3.28. The molecule has 6 nitrogen and oxygen atoms in total. The van der Waals surface area contributed by atoms with Gasteiger partial charge in [-0.15, -0.1) is 0 Å². The molecular weight excluding hydrogens is 270 g/mol. The molecule has 0 aromatic heterocycles. The average Bonchev–Trinajstić information content (AvgIpc) is 3.00. The number of rotatable bonds is 6. The molecule has 2 N–H and O–H groups in total. The predicted molar refractivity (Wildman–Crippen MR) is 80.0 cm³/mol. The maximum Gasteiger partial charge on any atom is 0.307 e. The Bertz CT molecular complexity index is 403. The molecule has 0 unspecified atom stereocenters. The molecular formula is C15H27N3O3. The van der Waals surface area contributed by atoms with Crippen LogP contribution in [0.15, 0.2) is 0 Å². The molecule has 1 aliphatic heterocycles. The van der Waals surface area contributed by atoms with Gasteiger partial charge in [0.25, 0.3) is 0 Å². The number of carboxylic acids is 1. The summed E-state index contributed by atoms with van der Waals surface area (Å²) in [5.74, 6) is -1.88. The van der Waals surface area contributed by atoms with Crippen LogP contribution in [0.5, 0.6) is 0 Å². The molecule has 1 saturated heterocycles. The van der Waals surface area contributed by atoms with Crippen molar-refractivity contribution in [3.05, 3.63) is 0 Å². The highest BCUT2D eigenvalue weighted by atomic mass is 16.4. The molecule has 0 aromatic rings. The highest BCUT2D eigenvalue weighted by Crippen LogP contribution is 2.58. The first-order valence-corrected chi connectivity index (χ1v) is 7.75. The van der Waals surface area contributed by atoms with E-state index in [4.69, 9.17) is 5.11 Å². The second-order valence-electron chi connectivity index (χ2n) is 6.90. The summed E-state index contributed by atoms with van der Waals surface area (Å²) in [4.78, 5) is 27.8. The van der Waals surface area contributed by atoms with Crippen LogP contribution in [0.1, 0.15) is 20.3 Å². The highest BCUT2D eigenvalue weighted by molar-refractivity contribution is 5.91. The maximum absolute atomic E-state index is 12.0. The topological polar surface area (TPSA) is 72.9 Å². The van der Waals surface area contributed by atoms with E-state index in [-0.39, 0.29) is 11.8 Å². The fraction of sp³-hybridized carbons (Fsp3) is 0.867. The van der Waals surface area contributed by atoms with Crippen LogP contribution in [0.4, 0.5) is 0 Å². The molecule has 21 heavy (non-hydrogen) atoms. The Morgan fingerprint density at radius 2 is 1.81 bits per heavy atom. The minimum atomic E-state index is -0.863. The summed E-state index contributed by atoms with van der Waals surface area (Å²) in [5, 5.41) is 12.0. The van der Waals surface area contributed by atoms with E-state index >= 15 is 0 Å². The van der Waals surface area contributed by atoms with Crippen LogP contribution in [0.2, 0.25) is 0 Å². The largest absolute Gasteiger partial charge is 0.481 e. The minimum Gasteiger partial charge on any atom is -0.481 e. The molecule has 6 heteroatoms. The second kappa shape index (κ2) is 6.32. The van der Waals surface area contributed by atoms with E-state index in [1.165, 1.54) is 0 Å². The number of nitrogens with one attached hydrogen (secondary N) is 1. The molecule has 120 valence electrons. The third kappa shape index (κ3) is 3.74. The molecule has 2 aliphatic rings. The van der Waals surface area contributed by atoms with Crippen LogP contribution in [0.25, 0.3) is 0 Å². The minimum absolute atomic E-state index is 0.106. The summed E-state index contributed by atoms with van der Waals surface area (Å²) in [6.07, 6.45) is 0.917. The molecule has 1 aliphatic carbocycles. The lowest BCUT2D eigenvalue weighted by Gasteiger charge is -2.32. The number of carbonyl (C=O) groups excluding carboxylic acids is 1. The third-order valence-corrected chi connectivity index (χ3v) is 4.92. The summed E-state index contributed by atoms with van der Waals surface area (Å²) < 4.78 is 0. The summed E-state index contributed by atoms with van der Waals surface area (Å²) >= 11 is 0. The summed E-state index contributed by atoms with van der Waals surface area (Å²) in [6, 6.07) is 0. The van der Waals surface area contributed by atoms with Crippen molar-refractivity contribution in [1.82, 2.24) is 15.1 Å². The lowest BCUT2D eigenvalue weighted by Crippen LogP contribution is -2.45. The third-order valence-electron chi connectivity index (χ3n) is 4.92. The van der Waals surface area contributed by atoms with E-state index in [2.05, 4.69) is 22.2 Å². The van der Waals surface area contributed by atoms with E-state index in [9.17, 15) is 9.59 Å². The van der Waals surface area contributed by atoms with Crippen LogP contribution in [0.3, 0.4) is 0 Å². The summed E-state index contributed by atoms with van der Waals surface area (Å²) in [5.41, 5.74) is -0.409. The Hall–Kier alpha value is -1.14. The lowest BCUT2D eigenvalue weighted by atomic mass is 10.1. The van der Waals surface area contributed by atoms with Gasteiger partial charge in [0.1, 0.15) is 0 Å². The normalized spacial score (nSPS) is 29.1. The number of carboxylic acid groups (broad SMARTS) is 1. The number of nitrogens with zero attached hydrogens (tertiary/aromatic N) is 2. The molecule has 1 amide bonds. The van der Waals surface area contributed by atoms with E-state index in [1.807, 2.05) is 13.8 Å². The van der Waals surface area contributed by atoms with Gasteiger partial charge in [-0.05, 0) is 25.4 Å². The van der Waals surface area contributed by atoms with Gasteiger partial charge in [0.15, 0.2) is 0 Å². The standard InChI is InChI=1S/C15H27N3O3/c1-15(2)11(12(15)14(20)21)13(19)16-5-4-6-18-9-7-17(3)8-10-18/h11-12H,4-10H2,1-3H3,(H,16,19)(H,20,21)/t11-,12+/m1/s1. The number of hydrogen-bond donors (Lipinski definition) is 2. The first kappa shape index (κ1) is 16.2. The van der Waals surface area contributed by atoms with Crippen molar-refractivity contribution >= 4 is 11.9 Å². The zero-order valence-corrected chi connectivity index (χ0v) is 13.3. The predicted octanol–water partition coefficient (Wildman–Crippen LogP) is 0.0969. The van der Waals surface area contributed by atoms with Crippen molar-refractivity contribution < 1.29 is 14.7 Å². The number of hydrogen-bond acceptors (Lipinski definition) is 4. The van der Waals surface area contributed by atoms with Gasteiger partial charge >= 0.3 is 5.97 Å². The molecule has 2 rings (SSSR count). The van der Waals surface area contributed by atoms with Gasteiger partial charge in [-0.1, -0.05) is 13.8 Å². The quantitative estimate of drug-likeness (QED) is 0.680. The van der Waals surface area contributed by atoms with Crippen molar-refractivity contribution in [2.75, 3.05) is 46.3 Å². The fourth-order valence-corrected chi connectivity index (χ4v) is 3.28. The molecule has 2 atom stereocenters. The second-order valence-corrected chi connectivity index (χ2v) is 6.90. The Morgan fingerprint density at radius 1 is 1.19 bits per heavy atom. The Kier molecular flexibility index (Phi) is 4.88. The van der Waals surface area contributed by atoms with E-state index in [0.29, 0.717) is 6.54 Å². The zero-order chi connectivity index (χ0) is 15.6. The first-order valence-electron chi connectivity index (χ1n) is 7.75. The average molecular weight is 297 g/mol. The smallest absolute Gasteiger partial charge is 0.307 e. The Morgan fingerprint density at radius 3 is 2.33 bits per heavy atom. The molecule has 0 aromatic carbocycles. The molecule has 0 bridgehead atoms. The van der Waals surface area contributed by atoms with Crippen LogP contribution in [0, 0.1) is 17.3 Å². The van der Waals surface area contributed by atoms with Gasteiger partial charge in [0.2, 0.25) is 5.91 Å². The van der Waals surface area contributed by atoms with Gasteiger partial charge in [-0.25, -0.2) is 0 Å². The molecule has 1 heterocycles. The van der Waals surface area contributed by atoms with Gasteiger partial charge < -0.3 is 20.2 Å². The van der Waals surface area contributed by atoms with Crippen molar-refractivity contribution in [2.24, 2.45) is 17.3 Å². The SMILES string of the molecule is CN1CCN(CCCNC(=O)[C@H]2[C@@H](C(=O)O)C2(C)C)CC1. The zero-order valence-electron chi connectivity index (χ0n) is 13.3. The van der Waals surface area contributed by atoms with Crippen LogP contribution >= 0.6 is 0 Å². The van der Waals surface area contributed by atoms with Crippen molar-refractivity contribution in [3.63, 3.8) is 0 Å². The van der Waals surface area contributed by atoms with Gasteiger partial charge in [0, 0.05) is 32.7 Å². The Labute approximate surface area is 126 Å².